The SMILES string of the molecule is CCn1cc(CC(NC)C2Cc3ccccc32)cn1. The minimum Gasteiger partial charge on any atom is -0.316 e. The Hall–Kier alpha value is -1.61. The summed E-state index contributed by atoms with van der Waals surface area (Å²) in [5.41, 5.74) is 4.35. The molecule has 0 saturated carbocycles. The van der Waals surface area contributed by atoms with Gasteiger partial charge in [0.05, 0.1) is 6.20 Å². The van der Waals surface area contributed by atoms with E-state index in [4.69, 9.17) is 0 Å². The third kappa shape index (κ3) is 2.30. The molecule has 3 rings (SSSR count). The van der Waals surface area contributed by atoms with Crippen LogP contribution in [0.4, 0.5) is 0 Å². The largest absolute Gasteiger partial charge is 0.316 e. The molecular formula is C16H21N3. The van der Waals surface area contributed by atoms with Crippen LogP contribution in [-0.2, 0) is 19.4 Å². The quantitative estimate of drug-likeness (QED) is 0.889. The van der Waals surface area contributed by atoms with Crippen LogP contribution in [-0.4, -0.2) is 22.9 Å². The molecule has 1 aromatic heterocycles. The second-order valence-electron chi connectivity index (χ2n) is 5.31. The third-order valence-electron chi connectivity index (χ3n) is 4.22. The number of aromatic nitrogens is 2. The van der Waals surface area contributed by atoms with Gasteiger partial charge >= 0.3 is 0 Å². The van der Waals surface area contributed by atoms with Gasteiger partial charge < -0.3 is 5.32 Å². The maximum absolute atomic E-state index is 4.36. The highest BCUT2D eigenvalue weighted by atomic mass is 15.3. The fourth-order valence-electron chi connectivity index (χ4n) is 3.04. The normalized spacial score (nSPS) is 18.7. The van der Waals surface area contributed by atoms with E-state index in [2.05, 4.69) is 54.8 Å². The zero-order chi connectivity index (χ0) is 13.2. The summed E-state index contributed by atoms with van der Waals surface area (Å²) in [5.74, 6) is 0.645. The Kier molecular flexibility index (Phi) is 3.38. The fraction of sp³-hybridized carbons (Fsp3) is 0.438. The number of aryl methyl sites for hydroxylation is 1. The summed E-state index contributed by atoms with van der Waals surface area (Å²) >= 11 is 0. The molecule has 1 aromatic carbocycles. The van der Waals surface area contributed by atoms with Gasteiger partial charge in [-0.15, -0.1) is 0 Å². The molecule has 0 saturated heterocycles. The highest BCUT2D eigenvalue weighted by molar-refractivity contribution is 5.41. The highest BCUT2D eigenvalue weighted by Crippen LogP contribution is 2.38. The molecule has 0 spiro atoms. The number of fused-ring (bicyclic) bond motifs is 1. The summed E-state index contributed by atoms with van der Waals surface area (Å²) in [6.45, 7) is 3.06. The Labute approximate surface area is 114 Å². The summed E-state index contributed by atoms with van der Waals surface area (Å²) in [7, 11) is 2.07. The van der Waals surface area contributed by atoms with Crippen molar-refractivity contribution < 1.29 is 0 Å². The topological polar surface area (TPSA) is 29.9 Å². The number of rotatable bonds is 5. The first-order valence-corrected chi connectivity index (χ1v) is 7.08. The lowest BCUT2D eigenvalue weighted by Gasteiger charge is -2.36. The van der Waals surface area contributed by atoms with Gasteiger partial charge in [0.2, 0.25) is 0 Å². The molecule has 2 atom stereocenters. The molecule has 1 aliphatic carbocycles. The molecule has 0 fully saturated rings. The maximum atomic E-state index is 4.36. The van der Waals surface area contributed by atoms with Crippen LogP contribution < -0.4 is 5.32 Å². The first-order valence-electron chi connectivity index (χ1n) is 7.08. The molecule has 1 aliphatic rings. The molecule has 100 valence electrons. The Bertz CT molecular complexity index is 559. The summed E-state index contributed by atoms with van der Waals surface area (Å²) in [4.78, 5) is 0. The van der Waals surface area contributed by atoms with Gasteiger partial charge in [0, 0.05) is 24.7 Å². The monoisotopic (exact) mass is 255 g/mol. The standard InChI is InChI=1S/C16H21N3/c1-3-19-11-12(10-18-19)8-16(17-2)15-9-13-6-4-5-7-14(13)15/h4-7,10-11,15-17H,3,8-9H2,1-2H3. The van der Waals surface area contributed by atoms with E-state index in [-0.39, 0.29) is 0 Å². The van der Waals surface area contributed by atoms with E-state index in [1.807, 2.05) is 10.9 Å². The van der Waals surface area contributed by atoms with Crippen molar-refractivity contribution >= 4 is 0 Å². The van der Waals surface area contributed by atoms with Gasteiger partial charge in [-0.2, -0.15) is 5.10 Å². The smallest absolute Gasteiger partial charge is 0.0522 e. The molecule has 3 heteroatoms. The zero-order valence-electron chi connectivity index (χ0n) is 11.6. The summed E-state index contributed by atoms with van der Waals surface area (Å²) in [6, 6.07) is 9.29. The van der Waals surface area contributed by atoms with Gasteiger partial charge in [-0.1, -0.05) is 24.3 Å². The van der Waals surface area contributed by atoms with Crippen molar-refractivity contribution in [2.24, 2.45) is 0 Å². The molecule has 0 amide bonds. The van der Waals surface area contributed by atoms with Crippen LogP contribution in [0.25, 0.3) is 0 Å². The molecule has 0 radical (unpaired) electrons. The molecule has 1 N–H and O–H groups in total. The van der Waals surface area contributed by atoms with E-state index in [1.165, 1.54) is 23.1 Å². The van der Waals surface area contributed by atoms with Crippen molar-refractivity contribution in [2.45, 2.75) is 38.3 Å². The lowest BCUT2D eigenvalue weighted by Crippen LogP contribution is -2.39. The molecular weight excluding hydrogens is 234 g/mol. The van der Waals surface area contributed by atoms with Crippen molar-refractivity contribution in [1.82, 2.24) is 15.1 Å². The average Bonchev–Trinajstić information content (AvgIpc) is 2.86. The Morgan fingerprint density at radius 1 is 1.42 bits per heavy atom. The van der Waals surface area contributed by atoms with Crippen LogP contribution in [0.15, 0.2) is 36.7 Å². The minimum atomic E-state index is 0.504. The Balaban J connectivity index is 1.72. The second kappa shape index (κ2) is 5.17. The van der Waals surface area contributed by atoms with Crippen molar-refractivity contribution in [3.05, 3.63) is 53.3 Å². The third-order valence-corrected chi connectivity index (χ3v) is 4.22. The predicted octanol–water partition coefficient (Wildman–Crippen LogP) is 2.37. The van der Waals surface area contributed by atoms with Crippen LogP contribution in [0.5, 0.6) is 0 Å². The number of benzene rings is 1. The van der Waals surface area contributed by atoms with E-state index < -0.39 is 0 Å². The van der Waals surface area contributed by atoms with Crippen LogP contribution >= 0.6 is 0 Å². The molecule has 1 heterocycles. The van der Waals surface area contributed by atoms with Crippen molar-refractivity contribution in [3.8, 4) is 0 Å². The lowest BCUT2D eigenvalue weighted by atomic mass is 9.72. The molecule has 2 aromatic rings. The van der Waals surface area contributed by atoms with Crippen molar-refractivity contribution in [3.63, 3.8) is 0 Å². The number of nitrogens with one attached hydrogen (secondary N) is 1. The number of hydrogen-bond acceptors (Lipinski definition) is 2. The van der Waals surface area contributed by atoms with E-state index in [1.54, 1.807) is 0 Å². The molecule has 2 unspecified atom stereocenters. The maximum Gasteiger partial charge on any atom is 0.0522 e. The lowest BCUT2D eigenvalue weighted by molar-refractivity contribution is 0.422. The molecule has 0 aliphatic heterocycles. The zero-order valence-corrected chi connectivity index (χ0v) is 11.6. The summed E-state index contributed by atoms with van der Waals surface area (Å²) in [6.07, 6.45) is 6.41. The van der Waals surface area contributed by atoms with E-state index in [0.717, 1.165) is 13.0 Å². The summed E-state index contributed by atoms with van der Waals surface area (Å²) in [5, 5.41) is 7.84. The van der Waals surface area contributed by atoms with Gasteiger partial charge in [-0.3, -0.25) is 4.68 Å². The van der Waals surface area contributed by atoms with Gasteiger partial charge in [-0.25, -0.2) is 0 Å². The van der Waals surface area contributed by atoms with E-state index in [0.29, 0.717) is 12.0 Å². The van der Waals surface area contributed by atoms with Crippen LogP contribution in [0.3, 0.4) is 0 Å². The van der Waals surface area contributed by atoms with Crippen LogP contribution in [0.1, 0.15) is 29.5 Å². The van der Waals surface area contributed by atoms with E-state index in [9.17, 15) is 0 Å². The number of hydrogen-bond donors (Lipinski definition) is 1. The van der Waals surface area contributed by atoms with Gasteiger partial charge in [-0.05, 0) is 43.5 Å². The highest BCUT2D eigenvalue weighted by Gasteiger charge is 2.31. The molecule has 3 nitrogen and oxygen atoms in total. The molecule has 0 bridgehead atoms. The van der Waals surface area contributed by atoms with E-state index >= 15 is 0 Å². The Morgan fingerprint density at radius 3 is 2.95 bits per heavy atom. The minimum absolute atomic E-state index is 0.504. The van der Waals surface area contributed by atoms with Gasteiger partial charge in [0.15, 0.2) is 0 Å². The van der Waals surface area contributed by atoms with Gasteiger partial charge in [0.1, 0.15) is 0 Å². The summed E-state index contributed by atoms with van der Waals surface area (Å²) < 4.78 is 2.00. The predicted molar refractivity (Wildman–Crippen MR) is 77.3 cm³/mol. The number of nitrogens with zero attached hydrogens (tertiary/aromatic N) is 2. The Morgan fingerprint density at radius 2 is 2.26 bits per heavy atom. The number of likely N-dealkylation sites (N-methyl/N-ethyl adjacent to an activating group) is 1. The molecule has 19 heavy (non-hydrogen) atoms. The fourth-order valence-corrected chi connectivity index (χ4v) is 3.04. The first-order chi connectivity index (χ1) is 9.31. The van der Waals surface area contributed by atoms with Crippen LogP contribution in [0, 0.1) is 0 Å². The van der Waals surface area contributed by atoms with Crippen molar-refractivity contribution in [1.29, 1.82) is 0 Å². The second-order valence-corrected chi connectivity index (χ2v) is 5.31. The first kappa shape index (κ1) is 12.4. The average molecular weight is 255 g/mol. The van der Waals surface area contributed by atoms with Crippen LogP contribution in [0.2, 0.25) is 0 Å². The van der Waals surface area contributed by atoms with Gasteiger partial charge in [0.25, 0.3) is 0 Å². The van der Waals surface area contributed by atoms with Crippen molar-refractivity contribution in [2.75, 3.05) is 7.05 Å².